The highest BCUT2D eigenvalue weighted by atomic mass is 16.6. The molecule has 0 aliphatic heterocycles. The molecule has 0 aliphatic rings. The minimum absolute atomic E-state index is 0.282. The SMILES string of the molecule is CCCC(CNOC)OC. The summed E-state index contributed by atoms with van der Waals surface area (Å²) in [5.74, 6) is 0. The van der Waals surface area contributed by atoms with Crippen molar-refractivity contribution in [3.05, 3.63) is 0 Å². The summed E-state index contributed by atoms with van der Waals surface area (Å²) < 4.78 is 5.15. The highest BCUT2D eigenvalue weighted by molar-refractivity contribution is 4.55. The molecule has 0 saturated heterocycles. The zero-order chi connectivity index (χ0) is 7.82. The highest BCUT2D eigenvalue weighted by Crippen LogP contribution is 1.98. The monoisotopic (exact) mass is 147 g/mol. The van der Waals surface area contributed by atoms with Crippen LogP contribution in [0.15, 0.2) is 0 Å². The average molecular weight is 147 g/mol. The molecule has 0 aromatic carbocycles. The van der Waals surface area contributed by atoms with Crippen molar-refractivity contribution < 1.29 is 9.57 Å². The Morgan fingerprint density at radius 1 is 1.40 bits per heavy atom. The maximum Gasteiger partial charge on any atom is 0.0718 e. The van der Waals surface area contributed by atoms with Gasteiger partial charge in [0.15, 0.2) is 0 Å². The Hall–Kier alpha value is -0.120. The number of hydrogen-bond donors (Lipinski definition) is 1. The second kappa shape index (κ2) is 6.99. The molecule has 3 heteroatoms. The van der Waals surface area contributed by atoms with Crippen LogP contribution >= 0.6 is 0 Å². The van der Waals surface area contributed by atoms with Gasteiger partial charge in [-0.1, -0.05) is 13.3 Å². The Morgan fingerprint density at radius 3 is 2.50 bits per heavy atom. The number of nitrogens with one attached hydrogen (secondary N) is 1. The van der Waals surface area contributed by atoms with E-state index in [2.05, 4.69) is 12.4 Å². The topological polar surface area (TPSA) is 30.5 Å². The van der Waals surface area contributed by atoms with E-state index >= 15 is 0 Å². The first-order valence-electron chi connectivity index (χ1n) is 3.63. The summed E-state index contributed by atoms with van der Waals surface area (Å²) in [4.78, 5) is 4.69. The van der Waals surface area contributed by atoms with Crippen LogP contribution in [-0.4, -0.2) is 26.9 Å². The van der Waals surface area contributed by atoms with Crippen molar-refractivity contribution >= 4 is 0 Å². The van der Waals surface area contributed by atoms with E-state index in [1.165, 1.54) is 0 Å². The van der Waals surface area contributed by atoms with Crippen LogP contribution in [-0.2, 0) is 9.57 Å². The molecule has 0 radical (unpaired) electrons. The molecule has 62 valence electrons. The van der Waals surface area contributed by atoms with Gasteiger partial charge in [0.05, 0.1) is 13.2 Å². The highest BCUT2D eigenvalue weighted by Gasteiger charge is 2.03. The minimum atomic E-state index is 0.282. The Kier molecular flexibility index (Phi) is 6.91. The van der Waals surface area contributed by atoms with Crippen LogP contribution in [0.5, 0.6) is 0 Å². The summed E-state index contributed by atoms with van der Waals surface area (Å²) in [5.41, 5.74) is 2.76. The normalized spacial score (nSPS) is 13.5. The molecular weight excluding hydrogens is 130 g/mol. The third-order valence-electron chi connectivity index (χ3n) is 1.40. The predicted octanol–water partition coefficient (Wildman–Crippen LogP) is 0.952. The number of methoxy groups -OCH3 is 1. The second-order valence-electron chi connectivity index (χ2n) is 2.20. The lowest BCUT2D eigenvalue weighted by Crippen LogP contribution is -2.27. The maximum atomic E-state index is 5.15. The first-order chi connectivity index (χ1) is 4.85. The van der Waals surface area contributed by atoms with Gasteiger partial charge in [0.1, 0.15) is 0 Å². The third-order valence-corrected chi connectivity index (χ3v) is 1.40. The molecular formula is C7H17NO2. The fraction of sp³-hybridized carbons (Fsp3) is 1.00. The molecule has 10 heavy (non-hydrogen) atoms. The van der Waals surface area contributed by atoms with Crippen molar-refractivity contribution in [2.24, 2.45) is 0 Å². The van der Waals surface area contributed by atoms with E-state index in [-0.39, 0.29) is 6.10 Å². The van der Waals surface area contributed by atoms with Gasteiger partial charge in [-0.3, -0.25) is 0 Å². The fourth-order valence-electron chi connectivity index (χ4n) is 0.802. The quantitative estimate of drug-likeness (QED) is 0.567. The summed E-state index contributed by atoms with van der Waals surface area (Å²) in [5, 5.41) is 0. The van der Waals surface area contributed by atoms with Crippen molar-refractivity contribution in [1.82, 2.24) is 5.48 Å². The Labute approximate surface area is 62.7 Å². The van der Waals surface area contributed by atoms with Crippen molar-refractivity contribution in [3.8, 4) is 0 Å². The standard InChI is InChI=1S/C7H17NO2/c1-4-5-7(9-2)6-8-10-3/h7-8H,4-6H2,1-3H3. The van der Waals surface area contributed by atoms with Crippen molar-refractivity contribution in [2.45, 2.75) is 25.9 Å². The lowest BCUT2D eigenvalue weighted by molar-refractivity contribution is 0.0259. The van der Waals surface area contributed by atoms with Crippen LogP contribution in [0.25, 0.3) is 0 Å². The molecule has 0 aromatic heterocycles. The predicted molar refractivity (Wildman–Crippen MR) is 40.7 cm³/mol. The second-order valence-corrected chi connectivity index (χ2v) is 2.20. The molecule has 1 atom stereocenters. The molecule has 0 bridgehead atoms. The van der Waals surface area contributed by atoms with E-state index in [4.69, 9.17) is 9.57 Å². The zero-order valence-electron chi connectivity index (χ0n) is 7.02. The van der Waals surface area contributed by atoms with Gasteiger partial charge in [0.25, 0.3) is 0 Å². The molecule has 0 aliphatic carbocycles. The molecule has 0 amide bonds. The van der Waals surface area contributed by atoms with Crippen molar-refractivity contribution in [1.29, 1.82) is 0 Å². The maximum absolute atomic E-state index is 5.15. The smallest absolute Gasteiger partial charge is 0.0718 e. The lowest BCUT2D eigenvalue weighted by atomic mass is 10.2. The van der Waals surface area contributed by atoms with Crippen LogP contribution in [0.1, 0.15) is 19.8 Å². The van der Waals surface area contributed by atoms with Crippen LogP contribution in [0.2, 0.25) is 0 Å². The molecule has 0 saturated carbocycles. The van der Waals surface area contributed by atoms with Crippen LogP contribution in [0.4, 0.5) is 0 Å². The molecule has 0 rings (SSSR count). The number of hydrogen-bond acceptors (Lipinski definition) is 3. The van der Waals surface area contributed by atoms with Crippen LogP contribution in [0.3, 0.4) is 0 Å². The summed E-state index contributed by atoms with van der Waals surface area (Å²) in [6.07, 6.45) is 2.50. The summed E-state index contributed by atoms with van der Waals surface area (Å²) in [7, 11) is 3.33. The van der Waals surface area contributed by atoms with Crippen molar-refractivity contribution in [2.75, 3.05) is 20.8 Å². The Bertz CT molecular complexity index is 68.6. The lowest BCUT2D eigenvalue weighted by Gasteiger charge is -2.13. The van der Waals surface area contributed by atoms with Gasteiger partial charge in [-0.2, -0.15) is 0 Å². The van der Waals surface area contributed by atoms with Gasteiger partial charge < -0.3 is 9.57 Å². The van der Waals surface area contributed by atoms with E-state index in [9.17, 15) is 0 Å². The number of hydroxylamine groups is 1. The molecule has 0 heterocycles. The molecule has 0 fully saturated rings. The minimum Gasteiger partial charge on any atom is -0.380 e. The Morgan fingerprint density at radius 2 is 2.10 bits per heavy atom. The van der Waals surface area contributed by atoms with Gasteiger partial charge in [0.2, 0.25) is 0 Å². The van der Waals surface area contributed by atoms with Crippen LogP contribution < -0.4 is 5.48 Å². The van der Waals surface area contributed by atoms with E-state index < -0.39 is 0 Å². The van der Waals surface area contributed by atoms with Crippen LogP contribution in [0, 0.1) is 0 Å². The first-order valence-corrected chi connectivity index (χ1v) is 3.63. The molecule has 1 N–H and O–H groups in total. The fourth-order valence-corrected chi connectivity index (χ4v) is 0.802. The number of ether oxygens (including phenoxy) is 1. The van der Waals surface area contributed by atoms with E-state index in [0.717, 1.165) is 19.4 Å². The molecule has 0 spiro atoms. The average Bonchev–Trinajstić information content (AvgIpc) is 1.98. The zero-order valence-corrected chi connectivity index (χ0v) is 7.02. The molecule has 0 aromatic rings. The summed E-state index contributed by atoms with van der Waals surface area (Å²) in [6, 6.07) is 0. The number of rotatable bonds is 6. The molecule has 3 nitrogen and oxygen atoms in total. The van der Waals surface area contributed by atoms with Gasteiger partial charge in [0, 0.05) is 13.7 Å². The van der Waals surface area contributed by atoms with E-state index in [1.807, 2.05) is 0 Å². The van der Waals surface area contributed by atoms with Gasteiger partial charge >= 0.3 is 0 Å². The van der Waals surface area contributed by atoms with Gasteiger partial charge in [-0.05, 0) is 6.42 Å². The van der Waals surface area contributed by atoms with E-state index in [1.54, 1.807) is 14.2 Å². The molecule has 1 unspecified atom stereocenters. The van der Waals surface area contributed by atoms with E-state index in [0.29, 0.717) is 0 Å². The van der Waals surface area contributed by atoms with Gasteiger partial charge in [-0.25, -0.2) is 5.48 Å². The van der Waals surface area contributed by atoms with Crippen molar-refractivity contribution in [3.63, 3.8) is 0 Å². The third kappa shape index (κ3) is 4.73. The first kappa shape index (κ1) is 9.88. The largest absolute Gasteiger partial charge is 0.380 e. The van der Waals surface area contributed by atoms with Gasteiger partial charge in [-0.15, -0.1) is 0 Å². The summed E-state index contributed by atoms with van der Waals surface area (Å²) in [6.45, 7) is 2.90. The summed E-state index contributed by atoms with van der Waals surface area (Å²) >= 11 is 0. The Balaban J connectivity index is 3.21.